The van der Waals surface area contributed by atoms with Crippen LogP contribution in [0.2, 0.25) is 5.02 Å². The van der Waals surface area contributed by atoms with Gasteiger partial charge in [0, 0.05) is 15.7 Å². The molecule has 0 saturated heterocycles. The molecule has 0 aliphatic carbocycles. The molecule has 0 radical (unpaired) electrons. The lowest BCUT2D eigenvalue weighted by Gasteiger charge is -2.08. The van der Waals surface area contributed by atoms with Crippen molar-refractivity contribution in [3.63, 3.8) is 0 Å². The summed E-state index contributed by atoms with van der Waals surface area (Å²) in [6, 6.07) is 10.8. The molecule has 0 saturated carbocycles. The van der Waals surface area contributed by atoms with Crippen LogP contribution in [0.4, 0.5) is 11.5 Å². The van der Waals surface area contributed by atoms with Crippen molar-refractivity contribution in [1.29, 1.82) is 5.26 Å². The molecule has 0 amide bonds. The number of nitrogens with zero attached hydrogens (tertiary/aromatic N) is 2. The Kier molecular flexibility index (Phi) is 3.62. The Morgan fingerprint density at radius 2 is 2.12 bits per heavy atom. The Morgan fingerprint density at radius 1 is 1.29 bits per heavy atom. The Hall–Kier alpha value is -1.57. The summed E-state index contributed by atoms with van der Waals surface area (Å²) in [7, 11) is 0. The van der Waals surface area contributed by atoms with E-state index in [0.29, 0.717) is 16.4 Å². The van der Waals surface area contributed by atoms with Crippen LogP contribution in [0.1, 0.15) is 5.56 Å². The van der Waals surface area contributed by atoms with Crippen LogP contribution in [0.3, 0.4) is 0 Å². The lowest BCUT2D eigenvalue weighted by atomic mass is 10.2. The molecule has 0 fully saturated rings. The SMILES string of the molecule is N#Cc1ccnc(Nc2cc(Cl)ccc2Br)c1. The zero-order valence-corrected chi connectivity index (χ0v) is 11.0. The van der Waals surface area contributed by atoms with E-state index in [2.05, 4.69) is 32.3 Å². The Morgan fingerprint density at radius 3 is 2.88 bits per heavy atom. The van der Waals surface area contributed by atoms with Crippen molar-refractivity contribution in [2.75, 3.05) is 5.32 Å². The zero-order valence-electron chi connectivity index (χ0n) is 8.61. The van der Waals surface area contributed by atoms with E-state index in [0.717, 1.165) is 10.2 Å². The second kappa shape index (κ2) is 5.17. The number of pyridine rings is 1. The van der Waals surface area contributed by atoms with Crippen molar-refractivity contribution >= 4 is 39.0 Å². The Balaban J connectivity index is 2.31. The third kappa shape index (κ3) is 2.96. The second-order valence-corrected chi connectivity index (χ2v) is 4.58. The zero-order chi connectivity index (χ0) is 12.3. The fourth-order valence-corrected chi connectivity index (χ4v) is 1.82. The molecule has 1 N–H and O–H groups in total. The predicted molar refractivity (Wildman–Crippen MR) is 71.4 cm³/mol. The molecule has 0 unspecified atom stereocenters. The van der Waals surface area contributed by atoms with E-state index >= 15 is 0 Å². The van der Waals surface area contributed by atoms with E-state index in [4.69, 9.17) is 16.9 Å². The van der Waals surface area contributed by atoms with E-state index in [-0.39, 0.29) is 0 Å². The minimum atomic E-state index is 0.556. The molecule has 17 heavy (non-hydrogen) atoms. The number of hydrogen-bond donors (Lipinski definition) is 1. The molecular weight excluding hydrogens is 302 g/mol. The monoisotopic (exact) mass is 307 g/mol. The molecular formula is C12H7BrClN3. The van der Waals surface area contributed by atoms with E-state index in [1.54, 1.807) is 30.5 Å². The summed E-state index contributed by atoms with van der Waals surface area (Å²) in [5, 5.41) is 12.5. The van der Waals surface area contributed by atoms with Gasteiger partial charge in [0.05, 0.1) is 17.3 Å². The summed E-state index contributed by atoms with van der Waals surface area (Å²) in [4.78, 5) is 4.13. The summed E-state index contributed by atoms with van der Waals surface area (Å²) >= 11 is 9.32. The number of aromatic nitrogens is 1. The van der Waals surface area contributed by atoms with Crippen molar-refractivity contribution in [1.82, 2.24) is 4.98 Å². The maximum Gasteiger partial charge on any atom is 0.131 e. The quantitative estimate of drug-likeness (QED) is 0.908. The van der Waals surface area contributed by atoms with E-state index in [9.17, 15) is 0 Å². The number of halogens is 2. The third-order valence-corrected chi connectivity index (χ3v) is 3.01. The smallest absolute Gasteiger partial charge is 0.131 e. The standard InChI is InChI=1S/C12H7BrClN3/c13-10-2-1-9(14)6-11(10)17-12-5-8(7-15)3-4-16-12/h1-6H,(H,16,17). The molecule has 1 heterocycles. The largest absolute Gasteiger partial charge is 0.339 e. The highest BCUT2D eigenvalue weighted by Gasteiger charge is 2.03. The Bertz CT molecular complexity index is 593. The average Bonchev–Trinajstić information content (AvgIpc) is 2.34. The van der Waals surface area contributed by atoms with E-state index in [1.807, 2.05) is 6.07 Å². The highest BCUT2D eigenvalue weighted by molar-refractivity contribution is 9.10. The van der Waals surface area contributed by atoms with Crippen molar-refractivity contribution in [2.24, 2.45) is 0 Å². The van der Waals surface area contributed by atoms with E-state index in [1.165, 1.54) is 0 Å². The molecule has 1 aromatic carbocycles. The van der Waals surface area contributed by atoms with Gasteiger partial charge in [0.25, 0.3) is 0 Å². The minimum Gasteiger partial charge on any atom is -0.339 e. The molecule has 0 bridgehead atoms. The number of nitrogens with one attached hydrogen (secondary N) is 1. The molecule has 0 spiro atoms. The summed E-state index contributed by atoms with van der Waals surface area (Å²) in [6.07, 6.45) is 1.58. The number of hydrogen-bond acceptors (Lipinski definition) is 3. The number of benzene rings is 1. The number of anilines is 2. The van der Waals surface area contributed by atoms with Crippen LogP contribution in [-0.2, 0) is 0 Å². The fourth-order valence-electron chi connectivity index (χ4n) is 1.30. The average molecular weight is 309 g/mol. The molecule has 0 aliphatic heterocycles. The van der Waals surface area contributed by atoms with Gasteiger partial charge in [-0.15, -0.1) is 0 Å². The predicted octanol–water partition coefficient (Wildman–Crippen LogP) is 4.11. The summed E-state index contributed by atoms with van der Waals surface area (Å²) in [5.41, 5.74) is 1.36. The first kappa shape index (κ1) is 11.9. The molecule has 1 aromatic heterocycles. The number of rotatable bonds is 2. The first-order chi connectivity index (χ1) is 8.19. The van der Waals surface area contributed by atoms with Gasteiger partial charge in [-0.25, -0.2) is 4.98 Å². The van der Waals surface area contributed by atoms with Gasteiger partial charge >= 0.3 is 0 Å². The molecule has 0 aliphatic rings. The van der Waals surface area contributed by atoms with Gasteiger partial charge in [-0.2, -0.15) is 5.26 Å². The highest BCUT2D eigenvalue weighted by Crippen LogP contribution is 2.28. The van der Waals surface area contributed by atoms with Gasteiger partial charge in [0.1, 0.15) is 5.82 Å². The van der Waals surface area contributed by atoms with Crippen LogP contribution in [-0.4, -0.2) is 4.98 Å². The summed E-state index contributed by atoms with van der Waals surface area (Å²) in [6.45, 7) is 0. The molecule has 3 nitrogen and oxygen atoms in total. The normalized spacial score (nSPS) is 9.71. The third-order valence-electron chi connectivity index (χ3n) is 2.08. The number of nitriles is 1. The molecule has 2 aromatic rings. The van der Waals surface area contributed by atoms with Crippen LogP contribution >= 0.6 is 27.5 Å². The van der Waals surface area contributed by atoms with Crippen LogP contribution in [0, 0.1) is 11.3 Å². The minimum absolute atomic E-state index is 0.556. The van der Waals surface area contributed by atoms with Crippen molar-refractivity contribution in [3.05, 3.63) is 51.6 Å². The molecule has 5 heteroatoms. The molecule has 84 valence electrons. The van der Waals surface area contributed by atoms with Crippen molar-refractivity contribution in [2.45, 2.75) is 0 Å². The first-order valence-corrected chi connectivity index (χ1v) is 5.94. The van der Waals surface area contributed by atoms with Crippen LogP contribution in [0.5, 0.6) is 0 Å². The van der Waals surface area contributed by atoms with Crippen LogP contribution < -0.4 is 5.32 Å². The lowest BCUT2D eigenvalue weighted by Crippen LogP contribution is -1.94. The lowest BCUT2D eigenvalue weighted by molar-refractivity contribution is 1.29. The van der Waals surface area contributed by atoms with Crippen molar-refractivity contribution < 1.29 is 0 Å². The van der Waals surface area contributed by atoms with Gasteiger partial charge in [-0.1, -0.05) is 11.6 Å². The highest BCUT2D eigenvalue weighted by atomic mass is 79.9. The van der Waals surface area contributed by atoms with Crippen LogP contribution in [0.15, 0.2) is 41.0 Å². The topological polar surface area (TPSA) is 48.7 Å². The first-order valence-electron chi connectivity index (χ1n) is 4.77. The van der Waals surface area contributed by atoms with Gasteiger partial charge in [-0.3, -0.25) is 0 Å². The maximum absolute atomic E-state index is 8.79. The molecule has 0 atom stereocenters. The fraction of sp³-hybridized carbons (Fsp3) is 0. The Labute approximate surface area is 112 Å². The molecule has 2 rings (SSSR count). The van der Waals surface area contributed by atoms with Crippen LogP contribution in [0.25, 0.3) is 0 Å². The van der Waals surface area contributed by atoms with Gasteiger partial charge in [0.2, 0.25) is 0 Å². The second-order valence-electron chi connectivity index (χ2n) is 3.29. The van der Waals surface area contributed by atoms with Gasteiger partial charge in [0.15, 0.2) is 0 Å². The van der Waals surface area contributed by atoms with E-state index < -0.39 is 0 Å². The summed E-state index contributed by atoms with van der Waals surface area (Å²) < 4.78 is 0.881. The summed E-state index contributed by atoms with van der Waals surface area (Å²) in [5.74, 6) is 0.604. The van der Waals surface area contributed by atoms with Gasteiger partial charge < -0.3 is 5.32 Å². The van der Waals surface area contributed by atoms with Crippen molar-refractivity contribution in [3.8, 4) is 6.07 Å². The van der Waals surface area contributed by atoms with Gasteiger partial charge in [-0.05, 0) is 46.3 Å². The maximum atomic E-state index is 8.79.